The van der Waals surface area contributed by atoms with E-state index >= 15 is 0 Å². The minimum absolute atomic E-state index is 0.0574. The van der Waals surface area contributed by atoms with E-state index < -0.39 is 48.2 Å². The second-order valence-electron chi connectivity index (χ2n) is 7.27. The lowest BCUT2D eigenvalue weighted by molar-refractivity contribution is -0.140. The Bertz CT molecular complexity index is 849. The van der Waals surface area contributed by atoms with E-state index in [0.29, 0.717) is 16.8 Å². The number of carboxylic acids is 2. The summed E-state index contributed by atoms with van der Waals surface area (Å²) in [5.41, 5.74) is 0.356. The third-order valence-corrected chi connectivity index (χ3v) is 3.58. The van der Waals surface area contributed by atoms with E-state index in [0.717, 1.165) is 6.92 Å². The van der Waals surface area contributed by atoms with E-state index in [1.807, 2.05) is 0 Å². The topological polar surface area (TPSA) is 139 Å². The van der Waals surface area contributed by atoms with Crippen LogP contribution < -0.4 is 5.32 Å². The van der Waals surface area contributed by atoms with Crippen LogP contribution in [0.3, 0.4) is 0 Å². The highest BCUT2D eigenvalue weighted by Gasteiger charge is 2.21. The van der Waals surface area contributed by atoms with Gasteiger partial charge in [0.25, 0.3) is 0 Å². The summed E-state index contributed by atoms with van der Waals surface area (Å²) in [6, 6.07) is 4.60. The van der Waals surface area contributed by atoms with Crippen LogP contribution >= 0.6 is 0 Å². The number of hydrogen-bond donors (Lipinski definition) is 3. The molecule has 0 unspecified atom stereocenters. The van der Waals surface area contributed by atoms with Crippen LogP contribution in [0.2, 0.25) is 0 Å². The maximum atomic E-state index is 12.0. The van der Waals surface area contributed by atoms with Crippen LogP contribution in [-0.2, 0) is 23.9 Å². The molecule has 0 bridgehead atoms. The second kappa shape index (κ2) is 9.72. The van der Waals surface area contributed by atoms with Gasteiger partial charge in [0.15, 0.2) is 0 Å². The molecule has 0 aliphatic heterocycles. The van der Waals surface area contributed by atoms with E-state index in [-0.39, 0.29) is 5.57 Å². The summed E-state index contributed by atoms with van der Waals surface area (Å²) in [4.78, 5) is 45.8. The molecule has 158 valence electrons. The number of aliphatic carboxylic acids is 2. The number of ether oxygens (including phenoxy) is 2. The lowest BCUT2D eigenvalue weighted by Gasteiger charge is -2.20. The number of carbonyl (C=O) groups excluding carboxylic acids is 2. The molecule has 0 spiro atoms. The van der Waals surface area contributed by atoms with Crippen LogP contribution in [0.15, 0.2) is 23.8 Å². The maximum Gasteiger partial charge on any atom is 0.412 e. The van der Waals surface area contributed by atoms with Crippen molar-refractivity contribution in [3.63, 3.8) is 0 Å². The van der Waals surface area contributed by atoms with Crippen molar-refractivity contribution >= 4 is 35.3 Å². The van der Waals surface area contributed by atoms with Crippen LogP contribution in [0, 0.1) is 6.92 Å². The number of carboxylic acid groups (broad SMARTS) is 2. The zero-order valence-corrected chi connectivity index (χ0v) is 17.0. The van der Waals surface area contributed by atoms with Gasteiger partial charge < -0.3 is 19.7 Å². The second-order valence-corrected chi connectivity index (χ2v) is 7.27. The summed E-state index contributed by atoms with van der Waals surface area (Å²) in [6.45, 7) is 7.62. The zero-order valence-electron chi connectivity index (χ0n) is 17.0. The molecule has 0 aromatic heterocycles. The Morgan fingerprint density at radius 1 is 1.10 bits per heavy atom. The molecule has 0 radical (unpaired) electrons. The molecular formula is C20H25NO8. The highest BCUT2D eigenvalue weighted by Crippen LogP contribution is 2.27. The van der Waals surface area contributed by atoms with Gasteiger partial charge in [-0.3, -0.25) is 14.9 Å². The average Bonchev–Trinajstić information content (AvgIpc) is 2.53. The van der Waals surface area contributed by atoms with Crippen molar-refractivity contribution < 1.29 is 38.9 Å². The minimum atomic E-state index is -1.43. The Morgan fingerprint density at radius 2 is 1.72 bits per heavy atom. The SMILES string of the molecule is CC(=O)OCC(=C(CC(=O)O)C(=O)O)c1ccc(NC(=O)OC(C)(C)C)c(C)c1. The molecule has 0 saturated carbocycles. The first-order valence-corrected chi connectivity index (χ1v) is 8.71. The number of rotatable bonds is 7. The van der Waals surface area contributed by atoms with Gasteiger partial charge in [-0.15, -0.1) is 0 Å². The first-order chi connectivity index (χ1) is 13.3. The molecule has 0 atom stereocenters. The van der Waals surface area contributed by atoms with Crippen LogP contribution in [0.1, 0.15) is 45.2 Å². The molecule has 0 aliphatic carbocycles. The predicted molar refractivity (Wildman–Crippen MR) is 104 cm³/mol. The largest absolute Gasteiger partial charge is 0.481 e. The fraction of sp³-hybridized carbons (Fsp3) is 0.400. The lowest BCUT2D eigenvalue weighted by atomic mass is 9.96. The number of esters is 1. The van der Waals surface area contributed by atoms with Gasteiger partial charge in [-0.05, 0) is 51.0 Å². The van der Waals surface area contributed by atoms with Gasteiger partial charge in [-0.25, -0.2) is 9.59 Å². The van der Waals surface area contributed by atoms with Crippen molar-refractivity contribution in [1.29, 1.82) is 0 Å². The third-order valence-electron chi connectivity index (χ3n) is 3.58. The lowest BCUT2D eigenvalue weighted by Crippen LogP contribution is -2.27. The summed E-state index contributed by atoms with van der Waals surface area (Å²) in [7, 11) is 0. The summed E-state index contributed by atoms with van der Waals surface area (Å²) >= 11 is 0. The number of carbonyl (C=O) groups is 4. The Balaban J connectivity index is 3.31. The van der Waals surface area contributed by atoms with Crippen LogP contribution in [0.5, 0.6) is 0 Å². The highest BCUT2D eigenvalue weighted by molar-refractivity contribution is 6.01. The van der Waals surface area contributed by atoms with Crippen molar-refractivity contribution in [1.82, 2.24) is 0 Å². The van der Waals surface area contributed by atoms with E-state index in [1.165, 1.54) is 12.1 Å². The van der Waals surface area contributed by atoms with Crippen LogP contribution in [-0.4, -0.2) is 46.4 Å². The quantitative estimate of drug-likeness (QED) is 0.462. The van der Waals surface area contributed by atoms with Crippen LogP contribution in [0.4, 0.5) is 10.5 Å². The number of hydrogen-bond acceptors (Lipinski definition) is 6. The molecule has 9 heteroatoms. The summed E-state index contributed by atoms with van der Waals surface area (Å²) in [5, 5.41) is 21.1. The van der Waals surface area contributed by atoms with Gasteiger partial charge in [-0.1, -0.05) is 6.07 Å². The minimum Gasteiger partial charge on any atom is -0.481 e. The molecule has 9 nitrogen and oxygen atoms in total. The van der Waals surface area contributed by atoms with Crippen LogP contribution in [0.25, 0.3) is 5.57 Å². The fourth-order valence-electron chi connectivity index (χ4n) is 2.39. The van der Waals surface area contributed by atoms with Crippen molar-refractivity contribution in [2.24, 2.45) is 0 Å². The van der Waals surface area contributed by atoms with Gasteiger partial charge in [0.2, 0.25) is 0 Å². The molecule has 1 aromatic rings. The number of benzene rings is 1. The van der Waals surface area contributed by atoms with Gasteiger partial charge in [-0.2, -0.15) is 0 Å². The van der Waals surface area contributed by atoms with Crippen molar-refractivity contribution in [2.45, 2.75) is 46.6 Å². The van der Waals surface area contributed by atoms with Crippen molar-refractivity contribution in [2.75, 3.05) is 11.9 Å². The fourth-order valence-corrected chi connectivity index (χ4v) is 2.39. The van der Waals surface area contributed by atoms with E-state index in [4.69, 9.17) is 14.6 Å². The summed E-state index contributed by atoms with van der Waals surface area (Å²) in [5.74, 6) is -3.40. The molecule has 3 N–H and O–H groups in total. The molecular weight excluding hydrogens is 382 g/mol. The molecule has 29 heavy (non-hydrogen) atoms. The molecule has 1 aromatic carbocycles. The Kier molecular flexibility index (Phi) is 7.94. The standard InChI is InChI=1S/C20H25NO8/c1-11-8-13(6-7-16(11)21-19(27)29-20(3,4)5)15(10-28-12(2)22)14(18(25)26)9-17(23)24/h6-8H,9-10H2,1-5H3,(H,21,27)(H,23,24)(H,25,26). The van der Waals surface area contributed by atoms with Gasteiger partial charge in [0, 0.05) is 18.2 Å². The monoisotopic (exact) mass is 407 g/mol. The van der Waals surface area contributed by atoms with Gasteiger partial charge in [0.1, 0.15) is 12.2 Å². The summed E-state index contributed by atoms with van der Waals surface area (Å²) < 4.78 is 10.1. The van der Waals surface area contributed by atoms with Gasteiger partial charge >= 0.3 is 24.0 Å². The molecule has 1 rings (SSSR count). The molecule has 1 amide bonds. The highest BCUT2D eigenvalue weighted by atomic mass is 16.6. The molecule has 0 fully saturated rings. The van der Waals surface area contributed by atoms with E-state index in [2.05, 4.69) is 5.32 Å². The number of aryl methyl sites for hydroxylation is 1. The first kappa shape index (κ1) is 23.7. The first-order valence-electron chi connectivity index (χ1n) is 8.71. The average molecular weight is 407 g/mol. The smallest absolute Gasteiger partial charge is 0.412 e. The number of nitrogens with one attached hydrogen (secondary N) is 1. The Morgan fingerprint density at radius 3 is 2.17 bits per heavy atom. The third kappa shape index (κ3) is 8.04. The predicted octanol–water partition coefficient (Wildman–Crippen LogP) is 3.22. The summed E-state index contributed by atoms with van der Waals surface area (Å²) in [6.07, 6.45) is -1.40. The van der Waals surface area contributed by atoms with Gasteiger partial charge in [0.05, 0.1) is 12.0 Å². The number of anilines is 1. The Hall–Kier alpha value is -3.36. The molecule has 0 saturated heterocycles. The Labute approximate surface area is 168 Å². The van der Waals surface area contributed by atoms with Crippen molar-refractivity contribution in [3.8, 4) is 0 Å². The number of amides is 1. The maximum absolute atomic E-state index is 12.0. The zero-order chi connectivity index (χ0) is 22.4. The molecule has 0 heterocycles. The van der Waals surface area contributed by atoms with Crippen molar-refractivity contribution in [3.05, 3.63) is 34.9 Å². The van der Waals surface area contributed by atoms with E-state index in [9.17, 15) is 24.3 Å². The van der Waals surface area contributed by atoms with E-state index in [1.54, 1.807) is 33.8 Å². The normalized spacial score (nSPS) is 11.9. The molecule has 0 aliphatic rings.